The van der Waals surface area contributed by atoms with E-state index in [4.69, 9.17) is 32.6 Å². The third-order valence-corrected chi connectivity index (χ3v) is 23.5. The summed E-state index contributed by atoms with van der Waals surface area (Å²) in [6.45, 7) is 21.1. The third kappa shape index (κ3) is 9.54. The van der Waals surface area contributed by atoms with Gasteiger partial charge in [0, 0.05) is 12.4 Å². The second-order valence-corrected chi connectivity index (χ2v) is 30.6. The van der Waals surface area contributed by atoms with Crippen LogP contribution in [0.4, 0.5) is 5.95 Å². The molecule has 5 atom stereocenters. The van der Waals surface area contributed by atoms with E-state index in [0.29, 0.717) is 11.5 Å². The van der Waals surface area contributed by atoms with Crippen molar-refractivity contribution in [1.29, 1.82) is 0 Å². The molecule has 6 aromatic rings. The lowest BCUT2D eigenvalue weighted by Crippen LogP contribution is -2.54. The van der Waals surface area contributed by atoms with Crippen LogP contribution < -0.4 is 20.3 Å². The Labute approximate surface area is 382 Å². The molecule has 16 nitrogen and oxygen atoms in total. The van der Waals surface area contributed by atoms with Gasteiger partial charge in [0.25, 0.3) is 5.56 Å². The van der Waals surface area contributed by atoms with Crippen LogP contribution in [0.25, 0.3) is 11.2 Å². The Balaban J connectivity index is 1.40. The number of methoxy groups -OCH3 is 2. The molecule has 1 aliphatic heterocycles. The monoisotopic (exact) mass is 943 g/mol. The number of nitrogens with one attached hydrogen (secondary N) is 2. The number of H-pyrrole nitrogens is 1. The van der Waals surface area contributed by atoms with E-state index in [-0.39, 0.29) is 33.8 Å². The number of fused-ring (bicyclic) bond motifs is 1. The van der Waals surface area contributed by atoms with Gasteiger partial charge in [-0.1, -0.05) is 96.1 Å². The van der Waals surface area contributed by atoms with Gasteiger partial charge in [-0.2, -0.15) is 4.98 Å². The number of ether oxygens (including phenoxy) is 3. The van der Waals surface area contributed by atoms with Crippen molar-refractivity contribution in [2.24, 2.45) is 0 Å². The number of aromatic nitrogens is 6. The Kier molecular flexibility index (Phi) is 13.3. The first kappa shape index (κ1) is 48.0. The minimum atomic E-state index is -4.39. The summed E-state index contributed by atoms with van der Waals surface area (Å²) in [5, 5.41) is 3.22. The zero-order chi connectivity index (χ0) is 47.2. The first-order valence-electron chi connectivity index (χ1n) is 21.6. The van der Waals surface area contributed by atoms with E-state index >= 15 is 0 Å². The molecule has 1 unspecified atom stereocenters. The molecule has 3 N–H and O–H groups in total. The summed E-state index contributed by atoms with van der Waals surface area (Å²) in [4.78, 5) is 42.0. The van der Waals surface area contributed by atoms with Gasteiger partial charge in [0.05, 0.1) is 27.2 Å². The van der Waals surface area contributed by atoms with Gasteiger partial charge in [0.15, 0.2) is 34.0 Å². The molecule has 19 heteroatoms. The molecule has 0 bridgehead atoms. The summed E-state index contributed by atoms with van der Waals surface area (Å²) >= 11 is 0. The Bertz CT molecular complexity index is 2620. The van der Waals surface area contributed by atoms with Crippen molar-refractivity contribution in [3.8, 4) is 11.5 Å². The van der Waals surface area contributed by atoms with Gasteiger partial charge in [0.2, 0.25) is 5.95 Å². The standard InChI is InChI=1S/C46H62N7O9PSi2/c1-44(2,3)64(9,10)61-38-36(28-59-63(55,56)52-27-26-47-29-52)60-42(39(38)62-65(11,12)45(4,5)6)53-30-48-37-40(53)49-43(50-41(37)54)51-46(31-16-14-13-15-17-31,32-18-22-34(57-7)23-19-32)33-20-24-35(58-8)25-21-33/h13-27,29-30,36,38-39,42H,28H2,1-12H3,(H,55,56)(H2,49,50,51,54)/t36-,38-,39-,42-/m1/s1. The predicted molar refractivity (Wildman–Crippen MR) is 256 cm³/mol. The molecule has 0 aliphatic carbocycles. The van der Waals surface area contributed by atoms with Crippen LogP contribution in [0.15, 0.2) is 109 Å². The molecule has 0 spiro atoms. The van der Waals surface area contributed by atoms with E-state index < -0.39 is 60.0 Å². The molecule has 0 radical (unpaired) electrons. The van der Waals surface area contributed by atoms with Gasteiger partial charge in [-0.3, -0.25) is 18.9 Å². The normalized spacial score (nSPS) is 19.6. The van der Waals surface area contributed by atoms with Crippen molar-refractivity contribution in [2.45, 2.75) is 108 Å². The number of nitrogens with zero attached hydrogens (tertiary/aromatic N) is 5. The van der Waals surface area contributed by atoms with Crippen LogP contribution in [-0.2, 0) is 28.2 Å². The zero-order valence-electron chi connectivity index (χ0n) is 39.2. The highest BCUT2D eigenvalue weighted by Crippen LogP contribution is 2.49. The van der Waals surface area contributed by atoms with Crippen LogP contribution in [0, 0.1) is 0 Å². The van der Waals surface area contributed by atoms with E-state index in [1.165, 1.54) is 25.0 Å². The molecule has 3 aromatic heterocycles. The first-order valence-corrected chi connectivity index (χ1v) is 28.9. The Morgan fingerprint density at radius 2 is 1.34 bits per heavy atom. The van der Waals surface area contributed by atoms with Crippen LogP contribution in [0.2, 0.25) is 36.3 Å². The summed E-state index contributed by atoms with van der Waals surface area (Å²) < 4.78 is 54.7. The van der Waals surface area contributed by atoms with E-state index in [9.17, 15) is 14.3 Å². The van der Waals surface area contributed by atoms with Crippen molar-refractivity contribution in [1.82, 2.24) is 28.8 Å². The molecule has 1 fully saturated rings. The lowest BCUT2D eigenvalue weighted by Gasteiger charge is -2.44. The van der Waals surface area contributed by atoms with Gasteiger partial charge in [-0.15, -0.1) is 0 Å². The molecule has 348 valence electrons. The molecule has 0 amide bonds. The first-order chi connectivity index (χ1) is 30.5. The van der Waals surface area contributed by atoms with Crippen molar-refractivity contribution in [3.63, 3.8) is 0 Å². The summed E-state index contributed by atoms with van der Waals surface area (Å²) in [5.74, 6) is 1.50. The number of hydrogen-bond acceptors (Lipinski definition) is 12. The SMILES string of the molecule is COc1ccc(C(Nc2nc3c(ncn3[C@@H]3O[C@H](COP(=O)(O)n4ccnc4)[C@@H](O[Si](C)(C)C(C)(C)C)[C@H]3O[Si](C)(C)C(C)(C)C)c(=O)[nH]2)(c2ccccc2)c2ccc(OC)cc2)cc1. The Morgan fingerprint density at radius 1 is 0.800 bits per heavy atom. The minimum Gasteiger partial charge on any atom is -0.497 e. The number of aromatic amines is 1. The Hall–Kier alpha value is -4.92. The fourth-order valence-corrected chi connectivity index (χ4v) is 10.9. The molecule has 7 rings (SSSR count). The maximum absolute atomic E-state index is 14.3. The average Bonchev–Trinajstić information content (AvgIpc) is 4.03. The number of rotatable bonds is 16. The lowest BCUT2D eigenvalue weighted by molar-refractivity contribution is -0.0466. The van der Waals surface area contributed by atoms with Gasteiger partial charge in [-0.05, 0) is 77.2 Å². The Morgan fingerprint density at radius 3 is 1.85 bits per heavy atom. The van der Waals surface area contributed by atoms with Crippen LogP contribution >= 0.6 is 7.75 Å². The number of imidazole rings is 2. The molecule has 1 saturated heterocycles. The maximum Gasteiger partial charge on any atom is 0.437 e. The second-order valence-electron chi connectivity index (χ2n) is 19.4. The summed E-state index contributed by atoms with van der Waals surface area (Å²) in [7, 11) is -6.36. The highest BCUT2D eigenvalue weighted by Gasteiger charge is 2.55. The molecule has 3 aromatic carbocycles. The van der Waals surface area contributed by atoms with Crippen LogP contribution in [0.5, 0.6) is 11.5 Å². The van der Waals surface area contributed by atoms with Crippen molar-refractivity contribution in [3.05, 3.63) is 131 Å². The van der Waals surface area contributed by atoms with E-state index in [0.717, 1.165) is 21.0 Å². The van der Waals surface area contributed by atoms with Crippen LogP contribution in [0.1, 0.15) is 64.5 Å². The van der Waals surface area contributed by atoms with E-state index in [1.807, 2.05) is 78.9 Å². The van der Waals surface area contributed by atoms with Crippen LogP contribution in [0.3, 0.4) is 0 Å². The largest absolute Gasteiger partial charge is 0.497 e. The number of anilines is 1. The number of hydrogen-bond donors (Lipinski definition) is 3. The van der Waals surface area contributed by atoms with Gasteiger partial charge < -0.3 is 33.3 Å². The van der Waals surface area contributed by atoms with Gasteiger partial charge in [0.1, 0.15) is 41.7 Å². The highest BCUT2D eigenvalue weighted by molar-refractivity contribution is 7.51. The average molecular weight is 944 g/mol. The summed E-state index contributed by atoms with van der Waals surface area (Å²) in [6.07, 6.45) is 2.10. The van der Waals surface area contributed by atoms with E-state index in [2.05, 4.69) is 88.0 Å². The van der Waals surface area contributed by atoms with Gasteiger partial charge >= 0.3 is 7.75 Å². The van der Waals surface area contributed by atoms with E-state index in [1.54, 1.807) is 18.8 Å². The highest BCUT2D eigenvalue weighted by atomic mass is 31.2. The third-order valence-electron chi connectivity index (χ3n) is 13.2. The predicted octanol–water partition coefficient (Wildman–Crippen LogP) is 9.08. The molecule has 4 heterocycles. The molecular formula is C46H62N7O9PSi2. The molecule has 1 aliphatic rings. The zero-order valence-corrected chi connectivity index (χ0v) is 42.1. The minimum absolute atomic E-state index is 0.0750. The lowest BCUT2D eigenvalue weighted by atomic mass is 9.77. The topological polar surface area (TPSA) is 186 Å². The van der Waals surface area contributed by atoms with Crippen molar-refractivity contribution >= 4 is 41.5 Å². The fourth-order valence-electron chi connectivity index (χ4n) is 7.44. The molecule has 0 saturated carbocycles. The van der Waals surface area contributed by atoms with Crippen LogP contribution in [-0.4, -0.2) is 89.5 Å². The quantitative estimate of drug-likeness (QED) is 0.0475. The maximum atomic E-state index is 14.3. The smallest absolute Gasteiger partial charge is 0.437 e. The molecular weight excluding hydrogens is 882 g/mol. The van der Waals surface area contributed by atoms with Crippen molar-refractivity contribution < 1.29 is 37.0 Å². The fraction of sp³-hybridized carbons (Fsp3) is 0.435. The summed E-state index contributed by atoms with van der Waals surface area (Å²) in [5.41, 5.74) is 1.21. The van der Waals surface area contributed by atoms with Crippen molar-refractivity contribution in [2.75, 3.05) is 26.1 Å². The second kappa shape index (κ2) is 18.1. The molecule has 65 heavy (non-hydrogen) atoms. The van der Waals surface area contributed by atoms with Gasteiger partial charge in [-0.25, -0.2) is 18.9 Å². The summed E-state index contributed by atoms with van der Waals surface area (Å²) in [6, 6.07) is 25.3. The number of benzene rings is 3.